The van der Waals surface area contributed by atoms with E-state index in [-0.39, 0.29) is 0 Å². The van der Waals surface area contributed by atoms with Crippen LogP contribution in [0.15, 0.2) is 182 Å². The molecule has 2 heterocycles. The van der Waals surface area contributed by atoms with Gasteiger partial charge in [0.2, 0.25) is 0 Å². The van der Waals surface area contributed by atoms with Crippen LogP contribution in [-0.2, 0) is 0 Å². The van der Waals surface area contributed by atoms with E-state index in [1.165, 1.54) is 21.5 Å². The van der Waals surface area contributed by atoms with Gasteiger partial charge >= 0.3 is 0 Å². The second-order valence-electron chi connectivity index (χ2n) is 13.5. The molecule has 2 aromatic heterocycles. The summed E-state index contributed by atoms with van der Waals surface area (Å²) in [6, 6.07) is 68.0. The van der Waals surface area contributed by atoms with Crippen LogP contribution in [0.3, 0.4) is 0 Å². The van der Waals surface area contributed by atoms with Crippen LogP contribution in [0.1, 0.15) is 11.1 Å². The molecule has 0 amide bonds. The van der Waals surface area contributed by atoms with Gasteiger partial charge in [-0.2, -0.15) is 10.5 Å². The molecule has 0 saturated heterocycles. The summed E-state index contributed by atoms with van der Waals surface area (Å²) in [5.74, 6) is 0. The molecule has 0 fully saturated rings. The topological polar surface area (TPSA) is 57.4 Å². The first-order valence-corrected chi connectivity index (χ1v) is 18.0. The van der Waals surface area contributed by atoms with Crippen molar-refractivity contribution in [2.45, 2.75) is 0 Å². The largest absolute Gasteiger partial charge is 0.309 e. The second kappa shape index (κ2) is 12.5. The lowest BCUT2D eigenvalue weighted by Gasteiger charge is -2.20. The number of benzene rings is 8. The Morgan fingerprint density at radius 2 is 0.926 bits per heavy atom. The van der Waals surface area contributed by atoms with Gasteiger partial charge < -0.3 is 9.13 Å². The van der Waals surface area contributed by atoms with Crippen molar-refractivity contribution in [3.05, 3.63) is 193 Å². The van der Waals surface area contributed by atoms with Crippen molar-refractivity contribution in [2.75, 3.05) is 0 Å². The van der Waals surface area contributed by atoms with Gasteiger partial charge in [-0.15, -0.1) is 0 Å². The molecule has 0 radical (unpaired) electrons. The van der Waals surface area contributed by atoms with E-state index >= 15 is 0 Å². The zero-order valence-electron chi connectivity index (χ0n) is 29.1. The number of aromatic nitrogens is 2. The van der Waals surface area contributed by atoms with Crippen LogP contribution >= 0.6 is 0 Å². The van der Waals surface area contributed by atoms with E-state index in [0.29, 0.717) is 11.1 Å². The predicted octanol–water partition coefficient (Wildman–Crippen LogP) is 12.6. The Labute approximate surface area is 312 Å². The van der Waals surface area contributed by atoms with Gasteiger partial charge in [0.25, 0.3) is 0 Å². The van der Waals surface area contributed by atoms with Gasteiger partial charge in [0.1, 0.15) is 12.1 Å². The normalized spacial score (nSPS) is 11.3. The molecular formula is C50H30N4. The zero-order chi connectivity index (χ0) is 36.2. The smallest absolute Gasteiger partial charge is 0.101 e. The number of nitriles is 2. The lowest BCUT2D eigenvalue weighted by Crippen LogP contribution is -2.00. The number of rotatable bonds is 5. The van der Waals surface area contributed by atoms with Crippen molar-refractivity contribution in [3.8, 4) is 56.9 Å². The van der Waals surface area contributed by atoms with Gasteiger partial charge in [0.15, 0.2) is 0 Å². The Balaban J connectivity index is 1.39. The summed E-state index contributed by atoms with van der Waals surface area (Å²) in [6.45, 7) is 0. The highest BCUT2D eigenvalue weighted by atomic mass is 15.0. The maximum atomic E-state index is 10.1. The Morgan fingerprint density at radius 3 is 1.56 bits per heavy atom. The molecule has 10 rings (SSSR count). The van der Waals surface area contributed by atoms with Crippen LogP contribution in [0.4, 0.5) is 0 Å². The molecule has 0 unspecified atom stereocenters. The lowest BCUT2D eigenvalue weighted by atomic mass is 9.86. The lowest BCUT2D eigenvalue weighted by molar-refractivity contribution is 1.17. The highest BCUT2D eigenvalue weighted by Crippen LogP contribution is 2.46. The number of nitrogens with zero attached hydrogens (tertiary/aromatic N) is 4. The summed E-state index contributed by atoms with van der Waals surface area (Å²) in [6.07, 6.45) is 0. The molecule has 10 aromatic rings. The fourth-order valence-corrected chi connectivity index (χ4v) is 8.28. The summed E-state index contributed by atoms with van der Waals surface area (Å²) in [7, 11) is 0. The summed E-state index contributed by atoms with van der Waals surface area (Å²) in [4.78, 5) is 0. The molecule has 4 nitrogen and oxygen atoms in total. The maximum absolute atomic E-state index is 10.1. The molecule has 0 N–H and O–H groups in total. The summed E-state index contributed by atoms with van der Waals surface area (Å²) >= 11 is 0. The average Bonchev–Trinajstić information content (AvgIpc) is 3.77. The molecule has 54 heavy (non-hydrogen) atoms. The molecule has 0 saturated carbocycles. The highest BCUT2D eigenvalue weighted by Gasteiger charge is 2.23. The Kier molecular flexibility index (Phi) is 7.22. The third-order valence-electron chi connectivity index (χ3n) is 10.6. The quantitative estimate of drug-likeness (QED) is 0.181. The van der Waals surface area contributed by atoms with Crippen molar-refractivity contribution in [1.82, 2.24) is 9.13 Å². The summed E-state index contributed by atoms with van der Waals surface area (Å²) in [5, 5.41) is 24.6. The van der Waals surface area contributed by atoms with E-state index < -0.39 is 0 Å². The molecule has 4 heteroatoms. The van der Waals surface area contributed by atoms with Gasteiger partial charge in [-0.05, 0) is 88.0 Å². The van der Waals surface area contributed by atoms with Crippen LogP contribution < -0.4 is 0 Å². The SMILES string of the molecule is N#Cc1ccc(-c2c(-c3ccccc3)cc(-n3c4ccccc4c4ccc5c(c6ccccc6n5-c5ccccc5)c43)cc2-c2ccccc2)cc1C#N. The zero-order valence-corrected chi connectivity index (χ0v) is 29.1. The Morgan fingerprint density at radius 1 is 0.370 bits per heavy atom. The molecule has 0 aliphatic heterocycles. The predicted molar refractivity (Wildman–Crippen MR) is 221 cm³/mol. The van der Waals surface area contributed by atoms with Crippen molar-refractivity contribution in [2.24, 2.45) is 0 Å². The number of fused-ring (bicyclic) bond motifs is 7. The number of para-hydroxylation sites is 3. The monoisotopic (exact) mass is 686 g/mol. The van der Waals surface area contributed by atoms with Crippen LogP contribution in [0.5, 0.6) is 0 Å². The van der Waals surface area contributed by atoms with E-state index in [1.54, 1.807) is 6.07 Å². The van der Waals surface area contributed by atoms with E-state index in [2.05, 4.69) is 173 Å². The molecule has 0 spiro atoms. The van der Waals surface area contributed by atoms with Gasteiger partial charge in [-0.25, -0.2) is 0 Å². The molecule has 0 aliphatic rings. The third-order valence-corrected chi connectivity index (χ3v) is 10.6. The third kappa shape index (κ3) is 4.76. The van der Waals surface area contributed by atoms with Crippen LogP contribution in [0.25, 0.3) is 88.4 Å². The van der Waals surface area contributed by atoms with Crippen molar-refractivity contribution in [3.63, 3.8) is 0 Å². The average molecular weight is 687 g/mol. The maximum Gasteiger partial charge on any atom is 0.101 e. The molecule has 0 aliphatic carbocycles. The first-order valence-electron chi connectivity index (χ1n) is 18.0. The summed E-state index contributed by atoms with van der Waals surface area (Å²) < 4.78 is 4.81. The minimum Gasteiger partial charge on any atom is -0.309 e. The first kappa shape index (κ1) is 31.1. The van der Waals surface area contributed by atoms with Crippen LogP contribution in [-0.4, -0.2) is 9.13 Å². The van der Waals surface area contributed by atoms with Gasteiger partial charge in [0.05, 0.1) is 33.2 Å². The van der Waals surface area contributed by atoms with Gasteiger partial charge in [0, 0.05) is 32.9 Å². The van der Waals surface area contributed by atoms with Crippen molar-refractivity contribution in [1.29, 1.82) is 10.5 Å². The van der Waals surface area contributed by atoms with Crippen molar-refractivity contribution >= 4 is 43.6 Å². The fourth-order valence-electron chi connectivity index (χ4n) is 8.28. The molecular weight excluding hydrogens is 657 g/mol. The Bertz CT molecular complexity index is 3100. The minimum absolute atomic E-state index is 0.358. The highest BCUT2D eigenvalue weighted by molar-refractivity contribution is 6.26. The van der Waals surface area contributed by atoms with Gasteiger partial charge in [-0.1, -0.05) is 127 Å². The minimum atomic E-state index is 0.358. The molecule has 8 aromatic carbocycles. The first-order chi connectivity index (χ1) is 26.7. The molecule has 0 atom stereocenters. The molecule has 250 valence electrons. The Hall–Kier alpha value is -7.66. The van der Waals surface area contributed by atoms with E-state index in [9.17, 15) is 10.5 Å². The van der Waals surface area contributed by atoms with Crippen LogP contribution in [0.2, 0.25) is 0 Å². The molecule has 0 bridgehead atoms. The fraction of sp³-hybridized carbons (Fsp3) is 0. The van der Waals surface area contributed by atoms with Crippen molar-refractivity contribution < 1.29 is 0 Å². The summed E-state index contributed by atoms with van der Waals surface area (Å²) in [5.41, 5.74) is 13.5. The van der Waals surface area contributed by atoms with E-state index in [0.717, 1.165) is 66.8 Å². The number of hydrogen-bond acceptors (Lipinski definition) is 2. The number of hydrogen-bond donors (Lipinski definition) is 0. The van der Waals surface area contributed by atoms with Crippen LogP contribution in [0, 0.1) is 22.7 Å². The van der Waals surface area contributed by atoms with E-state index in [4.69, 9.17) is 0 Å². The van der Waals surface area contributed by atoms with Gasteiger partial charge in [-0.3, -0.25) is 0 Å². The second-order valence-corrected chi connectivity index (χ2v) is 13.5. The van der Waals surface area contributed by atoms with E-state index in [1.807, 2.05) is 24.3 Å². The standard InChI is InChI=1S/C50H30N4/c51-31-36-25-24-35(28-37(36)32-52)48-43(33-14-4-1-5-15-33)29-39(30-44(48)34-16-6-2-7-17-34)54-45-22-12-10-20-40(45)41-26-27-47-49(50(41)54)42-21-11-13-23-46(42)53(47)38-18-8-3-9-19-38/h1-30H.